The summed E-state index contributed by atoms with van der Waals surface area (Å²) in [6.45, 7) is 3.51. The number of anilines is 1. The van der Waals surface area contributed by atoms with Crippen molar-refractivity contribution < 1.29 is 13.2 Å². The van der Waals surface area contributed by atoms with Crippen molar-refractivity contribution in [3.05, 3.63) is 36.0 Å². The maximum atomic E-state index is 13.2. The lowest BCUT2D eigenvalue weighted by atomic mass is 10.0. The van der Waals surface area contributed by atoms with Gasteiger partial charge in [-0.2, -0.15) is 18.3 Å². The third kappa shape index (κ3) is 2.39. The average Bonchev–Trinajstić information content (AvgIpc) is 2.73. The van der Waals surface area contributed by atoms with Gasteiger partial charge in [-0.25, -0.2) is 4.68 Å². The molecule has 2 atom stereocenters. The molecule has 6 heteroatoms. The van der Waals surface area contributed by atoms with E-state index >= 15 is 0 Å². The Balaban J connectivity index is 2.17. The molecule has 0 saturated carbocycles. The number of aryl methyl sites for hydroxylation is 1. The highest BCUT2D eigenvalue weighted by Crippen LogP contribution is 2.43. The van der Waals surface area contributed by atoms with Crippen LogP contribution in [0.15, 0.2) is 30.3 Å². The molecule has 1 N–H and O–H groups in total. The molecule has 2 aromatic rings. The van der Waals surface area contributed by atoms with Crippen LogP contribution in [-0.2, 0) is 0 Å². The summed E-state index contributed by atoms with van der Waals surface area (Å²) in [5.74, 6) is 0.458. The molecule has 0 amide bonds. The van der Waals surface area contributed by atoms with E-state index in [0.29, 0.717) is 11.5 Å². The minimum Gasteiger partial charge on any atom is -0.367 e. The summed E-state index contributed by atoms with van der Waals surface area (Å²) in [5.41, 5.74) is 2.22. The second kappa shape index (κ2) is 4.79. The molecule has 0 fully saturated rings. The molecule has 0 bridgehead atoms. The highest BCUT2D eigenvalue weighted by atomic mass is 19.4. The van der Waals surface area contributed by atoms with Gasteiger partial charge in [0.1, 0.15) is 5.82 Å². The number of aromatic nitrogens is 2. The standard InChI is InChI=1S/C15H16F3N3/c1-9-8-12(15(16,17)18)21-14(19-9)13(10(2)20-21)11-6-4-3-5-7-11/h3-7,9,12,19H,8H2,1-2H3. The molecule has 21 heavy (non-hydrogen) atoms. The molecule has 0 saturated heterocycles. The van der Waals surface area contributed by atoms with Gasteiger partial charge in [0.25, 0.3) is 0 Å². The first-order chi connectivity index (χ1) is 9.88. The van der Waals surface area contributed by atoms with Crippen molar-refractivity contribution in [3.8, 4) is 11.1 Å². The van der Waals surface area contributed by atoms with E-state index in [4.69, 9.17) is 0 Å². The molecular formula is C15H16F3N3. The molecule has 1 aromatic carbocycles. The zero-order valence-corrected chi connectivity index (χ0v) is 11.8. The first kappa shape index (κ1) is 14.0. The summed E-state index contributed by atoms with van der Waals surface area (Å²) in [4.78, 5) is 0. The molecular weight excluding hydrogens is 279 g/mol. The second-order valence-electron chi connectivity index (χ2n) is 5.46. The maximum absolute atomic E-state index is 13.2. The van der Waals surface area contributed by atoms with Crippen molar-refractivity contribution in [1.82, 2.24) is 9.78 Å². The molecule has 112 valence electrons. The van der Waals surface area contributed by atoms with Crippen molar-refractivity contribution >= 4 is 5.82 Å². The number of nitrogens with one attached hydrogen (secondary N) is 1. The van der Waals surface area contributed by atoms with Crippen LogP contribution in [0, 0.1) is 6.92 Å². The Morgan fingerprint density at radius 3 is 2.52 bits per heavy atom. The van der Waals surface area contributed by atoms with Crippen LogP contribution in [0.3, 0.4) is 0 Å². The molecule has 1 aliphatic rings. The number of hydrogen-bond acceptors (Lipinski definition) is 2. The van der Waals surface area contributed by atoms with Crippen molar-refractivity contribution in [3.63, 3.8) is 0 Å². The highest BCUT2D eigenvalue weighted by Gasteiger charge is 2.46. The largest absolute Gasteiger partial charge is 0.410 e. The number of nitrogens with zero attached hydrogens (tertiary/aromatic N) is 2. The fourth-order valence-electron chi connectivity index (χ4n) is 2.86. The van der Waals surface area contributed by atoms with E-state index in [-0.39, 0.29) is 12.5 Å². The molecule has 2 unspecified atom stereocenters. The first-order valence-electron chi connectivity index (χ1n) is 6.85. The van der Waals surface area contributed by atoms with Gasteiger partial charge in [0, 0.05) is 11.6 Å². The predicted octanol–water partition coefficient (Wildman–Crippen LogP) is 4.17. The summed E-state index contributed by atoms with van der Waals surface area (Å²) in [5, 5.41) is 7.29. The van der Waals surface area contributed by atoms with Gasteiger partial charge in [-0.1, -0.05) is 30.3 Å². The third-order valence-electron chi connectivity index (χ3n) is 3.78. The summed E-state index contributed by atoms with van der Waals surface area (Å²) >= 11 is 0. The van der Waals surface area contributed by atoms with Crippen LogP contribution in [0.1, 0.15) is 25.1 Å². The SMILES string of the molecule is Cc1nn2c(c1-c1ccccc1)NC(C)CC2C(F)(F)F. The van der Waals surface area contributed by atoms with Gasteiger partial charge in [-0.15, -0.1) is 0 Å². The molecule has 3 nitrogen and oxygen atoms in total. The number of benzene rings is 1. The number of rotatable bonds is 1. The Kier molecular flexibility index (Phi) is 3.19. The molecule has 0 spiro atoms. The Labute approximate surface area is 120 Å². The fourth-order valence-corrected chi connectivity index (χ4v) is 2.86. The Bertz CT molecular complexity index is 646. The maximum Gasteiger partial charge on any atom is 0.410 e. The molecule has 0 aliphatic carbocycles. The summed E-state index contributed by atoms with van der Waals surface area (Å²) < 4.78 is 40.8. The molecule has 3 rings (SSSR count). The van der Waals surface area contributed by atoms with E-state index in [1.54, 1.807) is 13.8 Å². The van der Waals surface area contributed by atoms with E-state index in [9.17, 15) is 13.2 Å². The van der Waals surface area contributed by atoms with Gasteiger partial charge < -0.3 is 5.32 Å². The molecule has 1 aromatic heterocycles. The summed E-state index contributed by atoms with van der Waals surface area (Å²) in [6, 6.07) is 7.56. The fraction of sp³-hybridized carbons (Fsp3) is 0.400. The lowest BCUT2D eigenvalue weighted by Crippen LogP contribution is -2.38. The summed E-state index contributed by atoms with van der Waals surface area (Å²) in [7, 11) is 0. The van der Waals surface area contributed by atoms with Crippen molar-refractivity contribution in [2.24, 2.45) is 0 Å². The zero-order valence-electron chi connectivity index (χ0n) is 11.8. The Hall–Kier alpha value is -1.98. The monoisotopic (exact) mass is 295 g/mol. The number of fused-ring (bicyclic) bond motifs is 1. The van der Waals surface area contributed by atoms with Crippen LogP contribution in [0.2, 0.25) is 0 Å². The second-order valence-corrected chi connectivity index (χ2v) is 5.46. The number of halogens is 3. The predicted molar refractivity (Wildman–Crippen MR) is 75.2 cm³/mol. The van der Waals surface area contributed by atoms with Crippen LogP contribution >= 0.6 is 0 Å². The van der Waals surface area contributed by atoms with Crippen molar-refractivity contribution in [1.29, 1.82) is 0 Å². The molecule has 2 heterocycles. The Morgan fingerprint density at radius 1 is 1.24 bits per heavy atom. The quantitative estimate of drug-likeness (QED) is 0.856. The smallest absolute Gasteiger partial charge is 0.367 e. The molecule has 1 aliphatic heterocycles. The first-order valence-corrected chi connectivity index (χ1v) is 6.85. The number of alkyl halides is 3. The van der Waals surface area contributed by atoms with Gasteiger partial charge in [-0.3, -0.25) is 0 Å². The van der Waals surface area contributed by atoms with E-state index in [2.05, 4.69) is 10.4 Å². The lowest BCUT2D eigenvalue weighted by Gasteiger charge is -2.32. The highest BCUT2D eigenvalue weighted by molar-refractivity contribution is 5.78. The van der Waals surface area contributed by atoms with Crippen LogP contribution in [-0.4, -0.2) is 22.0 Å². The van der Waals surface area contributed by atoms with Crippen LogP contribution in [0.5, 0.6) is 0 Å². The average molecular weight is 295 g/mol. The van der Waals surface area contributed by atoms with E-state index in [1.165, 1.54) is 0 Å². The van der Waals surface area contributed by atoms with Gasteiger partial charge >= 0.3 is 6.18 Å². The Morgan fingerprint density at radius 2 is 1.90 bits per heavy atom. The number of hydrogen-bond donors (Lipinski definition) is 1. The zero-order chi connectivity index (χ0) is 15.2. The normalized spacial score (nSPS) is 21.8. The van der Waals surface area contributed by atoms with Crippen molar-refractivity contribution in [2.45, 2.75) is 38.5 Å². The van der Waals surface area contributed by atoms with Gasteiger partial charge in [0.15, 0.2) is 6.04 Å². The van der Waals surface area contributed by atoms with Crippen molar-refractivity contribution in [2.75, 3.05) is 5.32 Å². The van der Waals surface area contributed by atoms with Crippen LogP contribution in [0.25, 0.3) is 11.1 Å². The topological polar surface area (TPSA) is 29.9 Å². The molecule has 0 radical (unpaired) electrons. The van der Waals surface area contributed by atoms with Gasteiger partial charge in [0.05, 0.1) is 5.69 Å². The van der Waals surface area contributed by atoms with Crippen LogP contribution < -0.4 is 5.32 Å². The minimum absolute atomic E-state index is 0.00809. The minimum atomic E-state index is -4.29. The lowest BCUT2D eigenvalue weighted by molar-refractivity contribution is -0.173. The van der Waals surface area contributed by atoms with E-state index in [1.807, 2.05) is 30.3 Å². The van der Waals surface area contributed by atoms with E-state index in [0.717, 1.165) is 15.8 Å². The van der Waals surface area contributed by atoms with Gasteiger partial charge in [0.2, 0.25) is 0 Å². The third-order valence-corrected chi connectivity index (χ3v) is 3.78. The van der Waals surface area contributed by atoms with Gasteiger partial charge in [-0.05, 0) is 25.8 Å². The van der Waals surface area contributed by atoms with Crippen LogP contribution in [0.4, 0.5) is 19.0 Å². The van der Waals surface area contributed by atoms with E-state index < -0.39 is 12.2 Å². The summed E-state index contributed by atoms with van der Waals surface area (Å²) in [6.07, 6.45) is -4.30.